The van der Waals surface area contributed by atoms with Crippen LogP contribution in [0.15, 0.2) is 11.1 Å². The van der Waals surface area contributed by atoms with Crippen LogP contribution < -0.4 is 11.3 Å². The number of hydrogen-bond donors (Lipinski definition) is 1. The Hall–Kier alpha value is -1.03. The third kappa shape index (κ3) is 2.38. The number of anilines is 1. The third-order valence-corrected chi connectivity index (χ3v) is 3.50. The summed E-state index contributed by atoms with van der Waals surface area (Å²) < 4.78 is 1.58. The predicted octanol–water partition coefficient (Wildman–Crippen LogP) is 2.06. The summed E-state index contributed by atoms with van der Waals surface area (Å²) in [6.45, 7) is 0.715. The van der Waals surface area contributed by atoms with Gasteiger partial charge in [-0.05, 0) is 18.8 Å². The van der Waals surface area contributed by atoms with E-state index >= 15 is 0 Å². The number of nitrogens with two attached hydrogens (primary N) is 1. The molecular weight excluding hydrogens is 226 g/mol. The molecule has 5 heteroatoms. The van der Waals surface area contributed by atoms with Crippen LogP contribution >= 0.6 is 11.6 Å². The van der Waals surface area contributed by atoms with Gasteiger partial charge in [-0.2, -0.15) is 0 Å². The van der Waals surface area contributed by atoms with Crippen molar-refractivity contribution in [2.75, 3.05) is 5.73 Å². The highest BCUT2D eigenvalue weighted by atomic mass is 35.5. The van der Waals surface area contributed by atoms with E-state index in [1.165, 1.54) is 38.4 Å². The zero-order valence-corrected chi connectivity index (χ0v) is 9.91. The fraction of sp³-hybridized carbons (Fsp3) is 0.636. The molecule has 0 spiro atoms. The van der Waals surface area contributed by atoms with Crippen molar-refractivity contribution in [1.29, 1.82) is 0 Å². The maximum atomic E-state index is 11.8. The zero-order chi connectivity index (χ0) is 11.5. The minimum atomic E-state index is -0.217. The van der Waals surface area contributed by atoms with Crippen molar-refractivity contribution in [1.82, 2.24) is 9.55 Å². The Morgan fingerprint density at radius 2 is 2.12 bits per heavy atom. The van der Waals surface area contributed by atoms with Crippen LogP contribution in [-0.4, -0.2) is 9.55 Å². The van der Waals surface area contributed by atoms with E-state index in [4.69, 9.17) is 17.3 Å². The highest BCUT2D eigenvalue weighted by Gasteiger charge is 2.15. The van der Waals surface area contributed by atoms with Gasteiger partial charge in [0.25, 0.3) is 5.56 Å². The maximum absolute atomic E-state index is 11.8. The fourth-order valence-corrected chi connectivity index (χ4v) is 2.39. The largest absolute Gasteiger partial charge is 0.392 e. The second kappa shape index (κ2) is 4.87. The van der Waals surface area contributed by atoms with Gasteiger partial charge in [-0.1, -0.05) is 30.9 Å². The molecule has 4 nitrogen and oxygen atoms in total. The van der Waals surface area contributed by atoms with Crippen molar-refractivity contribution in [3.8, 4) is 0 Å². The zero-order valence-electron chi connectivity index (χ0n) is 9.16. The lowest BCUT2D eigenvalue weighted by Crippen LogP contribution is -2.27. The topological polar surface area (TPSA) is 60.9 Å². The van der Waals surface area contributed by atoms with E-state index in [2.05, 4.69) is 4.98 Å². The number of nitrogens with zero attached hydrogens (tertiary/aromatic N) is 2. The van der Waals surface area contributed by atoms with Crippen molar-refractivity contribution in [3.63, 3.8) is 0 Å². The van der Waals surface area contributed by atoms with Gasteiger partial charge in [-0.15, -0.1) is 0 Å². The number of aromatic nitrogens is 2. The lowest BCUT2D eigenvalue weighted by molar-refractivity contribution is 0.315. The summed E-state index contributed by atoms with van der Waals surface area (Å²) >= 11 is 5.68. The summed E-state index contributed by atoms with van der Waals surface area (Å²) in [5.41, 5.74) is 5.40. The molecule has 1 aliphatic rings. The Kier molecular flexibility index (Phi) is 3.49. The molecule has 1 aromatic rings. The van der Waals surface area contributed by atoms with Crippen LogP contribution in [0, 0.1) is 5.92 Å². The Morgan fingerprint density at radius 3 is 2.81 bits per heavy atom. The summed E-state index contributed by atoms with van der Waals surface area (Å²) in [5.74, 6) is 0.578. The van der Waals surface area contributed by atoms with E-state index in [9.17, 15) is 4.79 Å². The molecule has 0 radical (unpaired) electrons. The average molecular weight is 242 g/mol. The van der Waals surface area contributed by atoms with E-state index in [0.717, 1.165) is 0 Å². The number of rotatable bonds is 2. The molecule has 16 heavy (non-hydrogen) atoms. The molecule has 2 rings (SSSR count). The maximum Gasteiger partial charge on any atom is 0.278 e. The van der Waals surface area contributed by atoms with Gasteiger partial charge in [0.05, 0.1) is 6.33 Å². The van der Waals surface area contributed by atoms with Crippen LogP contribution in [0.2, 0.25) is 5.15 Å². The molecule has 0 saturated heterocycles. The first-order valence-electron chi connectivity index (χ1n) is 5.69. The van der Waals surface area contributed by atoms with E-state index in [-0.39, 0.29) is 16.4 Å². The molecule has 0 aliphatic heterocycles. The van der Waals surface area contributed by atoms with E-state index in [1.54, 1.807) is 4.57 Å². The number of halogens is 1. The molecule has 0 unspecified atom stereocenters. The minimum Gasteiger partial charge on any atom is -0.392 e. The highest BCUT2D eigenvalue weighted by molar-refractivity contribution is 6.31. The van der Waals surface area contributed by atoms with Crippen molar-refractivity contribution in [2.45, 2.75) is 38.6 Å². The summed E-state index contributed by atoms with van der Waals surface area (Å²) in [7, 11) is 0. The van der Waals surface area contributed by atoms with Gasteiger partial charge in [0, 0.05) is 6.54 Å². The van der Waals surface area contributed by atoms with Crippen molar-refractivity contribution >= 4 is 17.3 Å². The van der Waals surface area contributed by atoms with Gasteiger partial charge in [-0.25, -0.2) is 4.98 Å². The molecule has 1 heterocycles. The molecule has 0 aromatic carbocycles. The molecule has 0 atom stereocenters. The smallest absolute Gasteiger partial charge is 0.278 e. The average Bonchev–Trinajstić information content (AvgIpc) is 2.31. The number of nitrogen functional groups attached to an aromatic ring is 1. The molecule has 1 saturated carbocycles. The SMILES string of the molecule is Nc1c(Cl)ncn(CC2CCCCC2)c1=O. The van der Waals surface area contributed by atoms with Crippen molar-refractivity contribution in [2.24, 2.45) is 5.92 Å². The van der Waals surface area contributed by atoms with E-state index in [0.29, 0.717) is 12.5 Å². The van der Waals surface area contributed by atoms with Gasteiger partial charge in [0.2, 0.25) is 0 Å². The van der Waals surface area contributed by atoms with Crippen molar-refractivity contribution < 1.29 is 0 Å². The third-order valence-electron chi connectivity index (χ3n) is 3.20. The summed E-state index contributed by atoms with van der Waals surface area (Å²) in [6.07, 6.45) is 7.71. The normalized spacial score (nSPS) is 17.6. The number of hydrogen-bond acceptors (Lipinski definition) is 3. The van der Waals surface area contributed by atoms with Crippen LogP contribution in [0.4, 0.5) is 5.69 Å². The van der Waals surface area contributed by atoms with E-state index < -0.39 is 0 Å². The molecule has 2 N–H and O–H groups in total. The van der Waals surface area contributed by atoms with Crippen LogP contribution in [-0.2, 0) is 6.54 Å². The van der Waals surface area contributed by atoms with Gasteiger partial charge in [0.1, 0.15) is 5.69 Å². The lowest BCUT2D eigenvalue weighted by Gasteiger charge is -2.22. The van der Waals surface area contributed by atoms with E-state index in [1.807, 2.05) is 0 Å². The highest BCUT2D eigenvalue weighted by Crippen LogP contribution is 2.24. The van der Waals surface area contributed by atoms with Crippen LogP contribution in [0.5, 0.6) is 0 Å². The van der Waals surface area contributed by atoms with Crippen LogP contribution in [0.1, 0.15) is 32.1 Å². The van der Waals surface area contributed by atoms with Gasteiger partial charge < -0.3 is 5.73 Å². The second-order valence-corrected chi connectivity index (χ2v) is 4.77. The molecule has 88 valence electrons. The molecule has 1 aromatic heterocycles. The first-order valence-corrected chi connectivity index (χ1v) is 6.06. The summed E-state index contributed by atoms with van der Waals surface area (Å²) in [6, 6.07) is 0. The predicted molar refractivity (Wildman–Crippen MR) is 64.5 cm³/mol. The Labute approximate surface area is 99.4 Å². The van der Waals surface area contributed by atoms with Crippen LogP contribution in [0.25, 0.3) is 0 Å². The molecule has 1 aliphatic carbocycles. The van der Waals surface area contributed by atoms with Crippen LogP contribution in [0.3, 0.4) is 0 Å². The second-order valence-electron chi connectivity index (χ2n) is 4.41. The Morgan fingerprint density at radius 1 is 1.44 bits per heavy atom. The molecule has 1 fully saturated rings. The summed E-state index contributed by atoms with van der Waals surface area (Å²) in [5, 5.41) is 0.102. The first kappa shape index (κ1) is 11.5. The van der Waals surface area contributed by atoms with Crippen molar-refractivity contribution in [3.05, 3.63) is 21.8 Å². The monoisotopic (exact) mass is 241 g/mol. The van der Waals surface area contributed by atoms with Gasteiger partial charge in [-0.3, -0.25) is 9.36 Å². The van der Waals surface area contributed by atoms with Gasteiger partial charge in [0.15, 0.2) is 5.15 Å². The Balaban J connectivity index is 2.15. The molecule has 0 bridgehead atoms. The fourth-order valence-electron chi connectivity index (χ4n) is 2.26. The molecular formula is C11H16ClN3O. The Bertz CT molecular complexity index is 424. The minimum absolute atomic E-state index is 0.0555. The summed E-state index contributed by atoms with van der Waals surface area (Å²) in [4.78, 5) is 15.7. The lowest BCUT2D eigenvalue weighted by atomic mass is 9.89. The standard InChI is InChI=1S/C11H16ClN3O/c12-10-9(13)11(16)15(7-14-10)6-8-4-2-1-3-5-8/h7-8H,1-6,13H2. The quantitative estimate of drug-likeness (QED) is 0.807. The molecule has 0 amide bonds. The van der Waals surface area contributed by atoms with Gasteiger partial charge >= 0.3 is 0 Å². The first-order chi connectivity index (χ1) is 7.68.